The second kappa shape index (κ2) is 10.6. The third-order valence-corrected chi connectivity index (χ3v) is 9.47. The lowest BCUT2D eigenvalue weighted by molar-refractivity contribution is -0.840. The molecule has 0 radical (unpaired) electrons. The zero-order valence-electron chi connectivity index (χ0n) is 20.4. The molecule has 0 bridgehead atoms. The summed E-state index contributed by atoms with van der Waals surface area (Å²) < 4.78 is 92.4. The minimum Gasteiger partial charge on any atom is -0.633 e. The molecule has 2 aromatic rings. The Kier molecular flexibility index (Phi) is 8.82. The smallest absolute Gasteiger partial charge is 0.416 e. The lowest BCUT2D eigenvalue weighted by Gasteiger charge is -2.34. The molecule has 0 aliphatic carbocycles. The van der Waals surface area contributed by atoms with Crippen LogP contribution >= 0.6 is 0 Å². The van der Waals surface area contributed by atoms with Gasteiger partial charge in [0.1, 0.15) is 0 Å². The maximum absolute atomic E-state index is 13.3. The highest BCUT2D eigenvalue weighted by Crippen LogP contribution is 2.31. The summed E-state index contributed by atoms with van der Waals surface area (Å²) in [5.74, 6) is -1.54. The van der Waals surface area contributed by atoms with E-state index in [0.717, 1.165) is 17.2 Å². The van der Waals surface area contributed by atoms with Gasteiger partial charge in [0.15, 0.2) is 0 Å². The molecule has 2 rings (SSSR count). The molecule has 0 saturated carbocycles. The van der Waals surface area contributed by atoms with Crippen LogP contribution < -0.4 is 0 Å². The minimum absolute atomic E-state index is 0.0479. The minimum atomic E-state index is -4.68. The second-order valence-electron chi connectivity index (χ2n) is 9.36. The van der Waals surface area contributed by atoms with Crippen LogP contribution in [0.4, 0.5) is 13.2 Å². The van der Waals surface area contributed by atoms with Crippen LogP contribution in [-0.4, -0.2) is 52.4 Å². The van der Waals surface area contributed by atoms with E-state index in [1.165, 1.54) is 27.1 Å². The molecule has 196 valence electrons. The highest BCUT2D eigenvalue weighted by molar-refractivity contribution is 8.03. The van der Waals surface area contributed by atoms with Gasteiger partial charge in [0, 0.05) is 13.0 Å². The van der Waals surface area contributed by atoms with Crippen molar-refractivity contribution in [3.63, 3.8) is 0 Å². The predicted octanol–water partition coefficient (Wildman–Crippen LogP) is 4.26. The number of rotatable bonds is 10. The monoisotopic (exact) mass is 536 g/mol. The number of quaternary nitrogens is 1. The molecule has 0 unspecified atom stereocenters. The molecule has 0 amide bonds. The first kappa shape index (κ1) is 29.2. The van der Waals surface area contributed by atoms with Crippen LogP contribution in [0, 0.1) is 26.0 Å². The molecule has 12 heteroatoms. The van der Waals surface area contributed by atoms with Gasteiger partial charge in [-0.05, 0) is 44.0 Å². The van der Waals surface area contributed by atoms with Gasteiger partial charge in [-0.25, -0.2) is 16.8 Å². The largest absolute Gasteiger partial charge is 0.633 e. The normalized spacial score (nSPS) is 13.4. The van der Waals surface area contributed by atoms with E-state index < -0.39 is 54.5 Å². The Morgan fingerprint density at radius 2 is 1.23 bits per heavy atom. The summed E-state index contributed by atoms with van der Waals surface area (Å²) in [5.41, 5.74) is 0.989. The van der Waals surface area contributed by atoms with E-state index in [1.807, 2.05) is 6.07 Å². The van der Waals surface area contributed by atoms with Gasteiger partial charge < -0.3 is 9.85 Å². The zero-order valence-corrected chi connectivity index (χ0v) is 22.0. The standard InChI is InChI=1S/C23H31F3N2O5S2/c1-17-9-18(2)11-20(10-17)15-34(30,31)27(7-6-8-28(4,5)29)35(32,33)16-21-12-19(3)13-22(14-21)23(24,25)26/h9-14H,6-8,15-16H2,1-5H3. The molecule has 0 atom stereocenters. The van der Waals surface area contributed by atoms with Crippen LogP contribution in [0.2, 0.25) is 0 Å². The van der Waals surface area contributed by atoms with Crippen molar-refractivity contribution in [2.75, 3.05) is 27.2 Å². The van der Waals surface area contributed by atoms with Gasteiger partial charge in [-0.3, -0.25) is 0 Å². The van der Waals surface area contributed by atoms with Crippen molar-refractivity contribution in [1.29, 1.82) is 0 Å². The summed E-state index contributed by atoms with van der Waals surface area (Å²) in [4.78, 5) is 0. The number of halogens is 3. The summed E-state index contributed by atoms with van der Waals surface area (Å²) in [5, 5.41) is 11.9. The third-order valence-electron chi connectivity index (χ3n) is 5.10. The number of nitrogens with zero attached hydrogens (tertiary/aromatic N) is 2. The fourth-order valence-electron chi connectivity index (χ4n) is 3.86. The van der Waals surface area contributed by atoms with E-state index in [1.54, 1.807) is 26.0 Å². The summed E-state index contributed by atoms with van der Waals surface area (Å²) in [6, 6.07) is 7.97. The fraction of sp³-hybridized carbons (Fsp3) is 0.478. The molecule has 7 nitrogen and oxygen atoms in total. The number of hydroxylamine groups is 3. The van der Waals surface area contributed by atoms with Crippen LogP contribution in [0.15, 0.2) is 36.4 Å². The van der Waals surface area contributed by atoms with Gasteiger partial charge in [-0.1, -0.05) is 44.7 Å². The van der Waals surface area contributed by atoms with Crippen molar-refractivity contribution in [2.45, 2.75) is 44.9 Å². The van der Waals surface area contributed by atoms with Gasteiger partial charge in [0.2, 0.25) is 20.0 Å². The second-order valence-corrected chi connectivity index (χ2v) is 13.4. The molecule has 0 heterocycles. The number of sulfonamides is 2. The van der Waals surface area contributed by atoms with Gasteiger partial charge in [0.25, 0.3) is 0 Å². The maximum atomic E-state index is 13.3. The van der Waals surface area contributed by atoms with Gasteiger partial charge in [-0.2, -0.15) is 13.2 Å². The molecule has 0 N–H and O–H groups in total. The van der Waals surface area contributed by atoms with E-state index in [0.29, 0.717) is 15.3 Å². The van der Waals surface area contributed by atoms with Crippen molar-refractivity contribution >= 4 is 20.0 Å². The van der Waals surface area contributed by atoms with Crippen LogP contribution in [0.25, 0.3) is 0 Å². The van der Waals surface area contributed by atoms with E-state index in [2.05, 4.69) is 0 Å². The Labute approximate surface area is 205 Å². The average Bonchev–Trinajstić information content (AvgIpc) is 2.61. The molecule has 0 fully saturated rings. The first-order chi connectivity index (χ1) is 15.8. The van der Waals surface area contributed by atoms with Crippen LogP contribution in [-0.2, 0) is 37.7 Å². The first-order valence-corrected chi connectivity index (χ1v) is 14.0. The number of hydrogen-bond donors (Lipinski definition) is 0. The lowest BCUT2D eigenvalue weighted by Crippen LogP contribution is -2.41. The Bertz CT molecular complexity index is 1250. The zero-order chi connectivity index (χ0) is 26.8. The Hall–Kier alpha value is -1.99. The fourth-order valence-corrected chi connectivity index (χ4v) is 7.84. The molecule has 0 spiro atoms. The summed E-state index contributed by atoms with van der Waals surface area (Å²) >= 11 is 0. The summed E-state index contributed by atoms with van der Waals surface area (Å²) in [6.07, 6.45) is -4.74. The molecule has 0 aromatic heterocycles. The third kappa shape index (κ3) is 8.87. The topological polar surface area (TPSA) is 94.6 Å². The Morgan fingerprint density at radius 3 is 1.66 bits per heavy atom. The first-order valence-electron chi connectivity index (χ1n) is 10.8. The molecule has 35 heavy (non-hydrogen) atoms. The van der Waals surface area contributed by atoms with Crippen LogP contribution in [0.3, 0.4) is 0 Å². The molecule has 2 aromatic carbocycles. The van der Waals surface area contributed by atoms with E-state index in [4.69, 9.17) is 0 Å². The Morgan fingerprint density at radius 1 is 0.800 bits per heavy atom. The van der Waals surface area contributed by atoms with E-state index in [-0.39, 0.29) is 24.1 Å². The average molecular weight is 537 g/mol. The van der Waals surface area contributed by atoms with Crippen molar-refractivity contribution in [3.8, 4) is 0 Å². The van der Waals surface area contributed by atoms with Gasteiger partial charge in [-0.15, -0.1) is 0 Å². The highest BCUT2D eigenvalue weighted by Gasteiger charge is 2.36. The van der Waals surface area contributed by atoms with E-state index in [9.17, 15) is 35.2 Å². The van der Waals surface area contributed by atoms with Crippen molar-refractivity contribution in [2.24, 2.45) is 0 Å². The highest BCUT2D eigenvalue weighted by atomic mass is 32.3. The molecule has 0 aliphatic heterocycles. The van der Waals surface area contributed by atoms with E-state index >= 15 is 0 Å². The summed E-state index contributed by atoms with van der Waals surface area (Å²) in [6.45, 7) is 4.42. The lowest BCUT2D eigenvalue weighted by atomic mass is 10.1. The Balaban J connectivity index is 2.46. The molecule has 0 saturated heterocycles. The van der Waals surface area contributed by atoms with Crippen LogP contribution in [0.1, 0.15) is 39.8 Å². The van der Waals surface area contributed by atoms with Crippen molar-refractivity contribution in [3.05, 3.63) is 75.0 Å². The predicted molar refractivity (Wildman–Crippen MR) is 129 cm³/mol. The number of benzene rings is 2. The molecular weight excluding hydrogens is 505 g/mol. The molecular formula is C23H31F3N2O5S2. The number of hydrogen-bond acceptors (Lipinski definition) is 5. The maximum Gasteiger partial charge on any atom is 0.416 e. The number of alkyl halides is 3. The van der Waals surface area contributed by atoms with Gasteiger partial charge in [0.05, 0.1) is 37.7 Å². The molecule has 0 aliphatic rings. The quantitative estimate of drug-likeness (QED) is 0.334. The number of aryl methyl sites for hydroxylation is 3. The van der Waals surface area contributed by atoms with Crippen LogP contribution in [0.5, 0.6) is 0 Å². The summed E-state index contributed by atoms with van der Waals surface area (Å²) in [7, 11) is -6.36. The van der Waals surface area contributed by atoms with Crippen molar-refractivity contribution in [1.82, 2.24) is 3.71 Å². The van der Waals surface area contributed by atoms with Crippen molar-refractivity contribution < 1.29 is 34.7 Å². The van der Waals surface area contributed by atoms with Gasteiger partial charge >= 0.3 is 6.18 Å². The SMILES string of the molecule is Cc1cc(C)cc(CS(=O)(=O)N(CCC[N+](C)(C)[O-])S(=O)(=O)Cc2cc(C)cc(C(F)(F)F)c2)c1.